The Balaban J connectivity index is 1.81. The van der Waals surface area contributed by atoms with Gasteiger partial charge in [-0.2, -0.15) is 0 Å². The molecule has 0 spiro atoms. The van der Waals surface area contributed by atoms with Crippen molar-refractivity contribution in [3.63, 3.8) is 0 Å². The van der Waals surface area contributed by atoms with E-state index in [0.29, 0.717) is 0 Å². The highest BCUT2D eigenvalue weighted by atomic mass is 127. The average molecular weight is 1100 g/mol. The highest BCUT2D eigenvalue weighted by Crippen LogP contribution is 2.56. The molecule has 0 radical (unpaired) electrons. The van der Waals surface area contributed by atoms with Crippen LogP contribution in [0.5, 0.6) is 0 Å². The summed E-state index contributed by atoms with van der Waals surface area (Å²) >= 11 is 19.6. The number of halogens is 6. The van der Waals surface area contributed by atoms with Gasteiger partial charge in [0, 0.05) is 25.0 Å². The Morgan fingerprint density at radius 2 is 0.375 bits per heavy atom. The highest BCUT2D eigenvalue weighted by molar-refractivity contribution is 14.1. The van der Waals surface area contributed by atoms with Crippen molar-refractivity contribution in [2.45, 2.75) is 0 Å². The molecule has 0 saturated heterocycles. The first-order chi connectivity index (χ1) is 23.3. The first-order valence-electron chi connectivity index (χ1n) is 15.1. The maximum absolute atomic E-state index is 3.71. The summed E-state index contributed by atoms with van der Waals surface area (Å²) in [5.74, 6) is 0. The fourth-order valence-electron chi connectivity index (χ4n) is 6.18. The first-order valence-corrected chi connectivity index (χ1v) is 20.4. The van der Waals surface area contributed by atoms with Gasteiger partial charge in [0.25, 0.3) is 0 Å². The van der Waals surface area contributed by atoms with Crippen molar-refractivity contribution < 1.29 is 0 Å². The minimum absolute atomic E-state index is 1.05. The van der Waals surface area contributed by atoms with Crippen molar-refractivity contribution >= 4 is 109 Å². The third-order valence-electron chi connectivity index (χ3n) is 8.30. The van der Waals surface area contributed by atoms with E-state index >= 15 is 0 Å². The molecule has 0 nitrogen and oxygen atoms in total. The molecular formula is C42H24Br4I2. The Bertz CT molecular complexity index is 1780. The van der Waals surface area contributed by atoms with Gasteiger partial charge in [-0.3, -0.25) is 0 Å². The molecule has 0 aliphatic heterocycles. The molecule has 6 heteroatoms. The van der Waals surface area contributed by atoms with E-state index in [1.165, 1.54) is 40.5 Å². The number of rotatable bonds is 6. The number of hydrogen-bond donors (Lipinski definition) is 0. The van der Waals surface area contributed by atoms with Crippen LogP contribution in [0.4, 0.5) is 0 Å². The molecule has 0 bridgehead atoms. The smallest absolute Gasteiger partial charge is 0.0175 e. The molecule has 0 N–H and O–H groups in total. The predicted molar refractivity (Wildman–Crippen MR) is 235 cm³/mol. The summed E-state index contributed by atoms with van der Waals surface area (Å²) in [4.78, 5) is 0. The van der Waals surface area contributed by atoms with Crippen LogP contribution >= 0.6 is 109 Å². The molecule has 0 amide bonds. The zero-order chi connectivity index (χ0) is 33.4. The second-order valence-electron chi connectivity index (χ2n) is 11.3. The second-order valence-corrected chi connectivity index (χ2v) is 17.4. The molecule has 0 aliphatic carbocycles. The quantitative estimate of drug-likeness (QED) is 0.146. The molecule has 234 valence electrons. The average Bonchev–Trinajstić information content (AvgIpc) is 3.10. The van der Waals surface area contributed by atoms with Crippen LogP contribution in [0.2, 0.25) is 0 Å². The molecule has 0 unspecified atom stereocenters. The predicted octanol–water partition coefficient (Wildman–Crippen LogP) is 15.9. The minimum atomic E-state index is 1.05. The van der Waals surface area contributed by atoms with Crippen LogP contribution in [-0.4, -0.2) is 0 Å². The molecular weight excluding hydrogens is 1080 g/mol. The van der Waals surface area contributed by atoms with Crippen molar-refractivity contribution in [2.75, 3.05) is 0 Å². The zero-order valence-corrected chi connectivity index (χ0v) is 35.8. The van der Waals surface area contributed by atoms with Gasteiger partial charge in [0.2, 0.25) is 0 Å². The normalized spacial score (nSPS) is 11.1. The van der Waals surface area contributed by atoms with E-state index in [1.54, 1.807) is 0 Å². The van der Waals surface area contributed by atoms with E-state index in [4.69, 9.17) is 0 Å². The molecule has 0 aliphatic rings. The van der Waals surface area contributed by atoms with Gasteiger partial charge in [-0.05, 0) is 185 Å². The molecule has 0 aromatic heterocycles. The van der Waals surface area contributed by atoms with Crippen molar-refractivity contribution in [1.82, 2.24) is 0 Å². The fourth-order valence-corrected chi connectivity index (χ4v) is 7.96. The van der Waals surface area contributed by atoms with E-state index in [1.807, 2.05) is 0 Å². The van der Waals surface area contributed by atoms with Crippen molar-refractivity contribution in [3.8, 4) is 66.8 Å². The molecule has 0 saturated carbocycles. The lowest BCUT2D eigenvalue weighted by Gasteiger charge is -2.29. The van der Waals surface area contributed by atoms with Crippen LogP contribution in [0.3, 0.4) is 0 Å². The molecule has 0 heterocycles. The lowest BCUT2D eigenvalue weighted by molar-refractivity contribution is 1.49. The van der Waals surface area contributed by atoms with Gasteiger partial charge in [0.05, 0.1) is 0 Å². The van der Waals surface area contributed by atoms with Crippen LogP contribution in [0.15, 0.2) is 163 Å². The minimum Gasteiger partial charge on any atom is -0.0533 e. The molecule has 0 atom stereocenters. The van der Waals surface area contributed by atoms with Gasteiger partial charge in [0.15, 0.2) is 0 Å². The van der Waals surface area contributed by atoms with Crippen molar-refractivity contribution in [3.05, 3.63) is 171 Å². The summed E-state index contributed by atoms with van der Waals surface area (Å²) < 4.78 is 6.58. The van der Waals surface area contributed by atoms with Crippen LogP contribution in [0, 0.1) is 7.14 Å². The Hall–Kier alpha value is -2.08. The Labute approximate surface area is 342 Å². The van der Waals surface area contributed by atoms with Crippen LogP contribution in [0.1, 0.15) is 0 Å². The topological polar surface area (TPSA) is 0 Å². The third kappa shape index (κ3) is 7.21. The monoisotopic (exact) mass is 1100 g/mol. The van der Waals surface area contributed by atoms with Crippen molar-refractivity contribution in [2.24, 2.45) is 0 Å². The Morgan fingerprint density at radius 3 is 0.542 bits per heavy atom. The van der Waals surface area contributed by atoms with Gasteiger partial charge < -0.3 is 0 Å². The van der Waals surface area contributed by atoms with Gasteiger partial charge in [-0.15, -0.1) is 0 Å². The van der Waals surface area contributed by atoms with E-state index < -0.39 is 0 Å². The fraction of sp³-hybridized carbons (Fsp3) is 0. The molecule has 0 fully saturated rings. The lowest BCUT2D eigenvalue weighted by atomic mass is 9.74. The van der Waals surface area contributed by atoms with Gasteiger partial charge in [0.1, 0.15) is 0 Å². The standard InChI is InChI=1S/C42H24Br4I2/c43-31-13-1-25(2-14-31)37-38(26-3-15-32(44)16-4-26)42(30-11-23-36(48)24-12-30)40(28-7-19-34(46)20-8-28)39(27-5-17-33(45)18-6-27)41(37)29-9-21-35(47)22-10-29/h1-24H. The van der Waals surface area contributed by atoms with Crippen LogP contribution in [-0.2, 0) is 0 Å². The Kier molecular flexibility index (Phi) is 10.8. The number of hydrogen-bond acceptors (Lipinski definition) is 0. The SMILES string of the molecule is Brc1ccc(-c2c(-c3ccc(Br)cc3)c(-c3ccc(I)cc3)c(-c3ccc(Br)cc3)c(-c3ccc(Br)cc3)c2-c2ccc(I)cc2)cc1. The third-order valence-corrected chi connectivity index (χ3v) is 11.9. The lowest BCUT2D eigenvalue weighted by Crippen LogP contribution is -2.02. The summed E-state index contributed by atoms with van der Waals surface area (Å²) in [6.07, 6.45) is 0. The maximum atomic E-state index is 3.71. The molecule has 48 heavy (non-hydrogen) atoms. The zero-order valence-electron chi connectivity index (χ0n) is 25.1. The summed E-state index contributed by atoms with van der Waals surface area (Å²) in [5.41, 5.74) is 14.1. The van der Waals surface area contributed by atoms with Gasteiger partial charge in [-0.1, -0.05) is 137 Å². The van der Waals surface area contributed by atoms with Crippen molar-refractivity contribution in [1.29, 1.82) is 0 Å². The van der Waals surface area contributed by atoms with E-state index in [9.17, 15) is 0 Å². The summed E-state index contributed by atoms with van der Waals surface area (Å²) in [7, 11) is 0. The van der Waals surface area contributed by atoms with E-state index in [2.05, 4.69) is 254 Å². The van der Waals surface area contributed by atoms with E-state index in [-0.39, 0.29) is 0 Å². The number of benzene rings is 7. The summed E-state index contributed by atoms with van der Waals surface area (Å²) in [6.45, 7) is 0. The van der Waals surface area contributed by atoms with Gasteiger partial charge >= 0.3 is 0 Å². The van der Waals surface area contributed by atoms with E-state index in [0.717, 1.165) is 51.3 Å². The largest absolute Gasteiger partial charge is 0.0533 e. The molecule has 7 aromatic rings. The maximum Gasteiger partial charge on any atom is 0.0175 e. The van der Waals surface area contributed by atoms with Crippen LogP contribution < -0.4 is 0 Å². The van der Waals surface area contributed by atoms with Gasteiger partial charge in [-0.25, -0.2) is 0 Å². The summed E-state index contributed by atoms with van der Waals surface area (Å²) in [6, 6.07) is 52.9. The molecule has 7 aromatic carbocycles. The highest BCUT2D eigenvalue weighted by Gasteiger charge is 2.29. The first kappa shape index (κ1) is 34.4. The summed E-state index contributed by atoms with van der Waals surface area (Å²) in [5, 5.41) is 0. The molecule has 7 rings (SSSR count). The second kappa shape index (κ2) is 15.0. The Morgan fingerprint density at radius 1 is 0.229 bits per heavy atom. The van der Waals surface area contributed by atoms with Crippen LogP contribution in [0.25, 0.3) is 66.8 Å².